The molecule has 1 amide bonds. The molecule has 3 nitrogen and oxygen atoms in total. The van der Waals surface area contributed by atoms with E-state index in [1.807, 2.05) is 4.90 Å². The van der Waals surface area contributed by atoms with Crippen molar-refractivity contribution in [3.05, 3.63) is 28.0 Å². The van der Waals surface area contributed by atoms with Gasteiger partial charge in [0.25, 0.3) is 5.91 Å². The number of aromatic nitrogens is 1. The number of piperidine rings is 1. The number of amides is 1. The summed E-state index contributed by atoms with van der Waals surface area (Å²) in [5.74, 6) is 0.993. The van der Waals surface area contributed by atoms with E-state index in [1.54, 1.807) is 0 Å². The van der Waals surface area contributed by atoms with E-state index in [0.717, 1.165) is 13.1 Å². The van der Waals surface area contributed by atoms with Gasteiger partial charge in [0.05, 0.1) is 10.0 Å². The van der Waals surface area contributed by atoms with Crippen LogP contribution in [0.5, 0.6) is 0 Å². The lowest BCUT2D eigenvalue weighted by atomic mass is 9.92. The number of pyridine rings is 1. The van der Waals surface area contributed by atoms with E-state index < -0.39 is 0 Å². The fraction of sp³-hybridized carbons (Fsp3) is 0.538. The molecule has 1 aliphatic rings. The van der Waals surface area contributed by atoms with Crippen LogP contribution in [-0.2, 0) is 0 Å². The summed E-state index contributed by atoms with van der Waals surface area (Å²) < 4.78 is 0. The number of nitrogens with zero attached hydrogens (tertiary/aromatic N) is 2. The SMILES string of the molecule is C[C@@H]1C[C@H](C)CN(C(=O)c2cc(Cl)c(Cl)cn2)C1. The second-order valence-electron chi connectivity index (χ2n) is 5.14. The molecule has 0 unspecified atom stereocenters. The van der Waals surface area contributed by atoms with Crippen molar-refractivity contribution < 1.29 is 4.79 Å². The molecule has 2 rings (SSSR count). The van der Waals surface area contributed by atoms with Gasteiger partial charge in [-0.25, -0.2) is 4.98 Å². The maximum Gasteiger partial charge on any atom is 0.272 e. The van der Waals surface area contributed by atoms with Crippen molar-refractivity contribution >= 4 is 29.1 Å². The minimum Gasteiger partial charge on any atom is -0.337 e. The summed E-state index contributed by atoms with van der Waals surface area (Å²) in [6.45, 7) is 5.90. The standard InChI is InChI=1S/C13H16Cl2N2O/c1-8-3-9(2)7-17(6-8)13(18)12-4-10(14)11(15)5-16-12/h4-5,8-9H,3,6-7H2,1-2H3/t8-,9+. The minimum atomic E-state index is -0.0630. The third kappa shape index (κ3) is 2.96. The van der Waals surface area contributed by atoms with Crippen molar-refractivity contribution in [3.8, 4) is 0 Å². The molecular formula is C13H16Cl2N2O. The Hall–Kier alpha value is -0.800. The molecule has 2 heterocycles. The zero-order valence-corrected chi connectivity index (χ0v) is 12.0. The van der Waals surface area contributed by atoms with Crippen LogP contribution in [0.4, 0.5) is 0 Å². The number of carbonyl (C=O) groups excluding carboxylic acids is 1. The molecule has 1 aromatic heterocycles. The molecule has 2 atom stereocenters. The van der Waals surface area contributed by atoms with Crippen molar-refractivity contribution in [2.75, 3.05) is 13.1 Å². The minimum absolute atomic E-state index is 0.0630. The maximum absolute atomic E-state index is 12.3. The Bertz CT molecular complexity index is 454. The quantitative estimate of drug-likeness (QED) is 0.792. The molecule has 0 radical (unpaired) electrons. The highest BCUT2D eigenvalue weighted by molar-refractivity contribution is 6.42. The molecule has 0 saturated carbocycles. The Morgan fingerprint density at radius 1 is 1.28 bits per heavy atom. The topological polar surface area (TPSA) is 33.2 Å². The number of halogens is 2. The summed E-state index contributed by atoms with van der Waals surface area (Å²) in [5.41, 5.74) is 0.366. The number of carbonyl (C=O) groups is 1. The van der Waals surface area contributed by atoms with Gasteiger partial charge < -0.3 is 4.90 Å². The zero-order valence-electron chi connectivity index (χ0n) is 10.5. The molecule has 5 heteroatoms. The van der Waals surface area contributed by atoms with Gasteiger partial charge in [-0.1, -0.05) is 37.0 Å². The average Bonchev–Trinajstić information content (AvgIpc) is 2.30. The van der Waals surface area contributed by atoms with Gasteiger partial charge in [-0.15, -0.1) is 0 Å². The first kappa shape index (κ1) is 13.6. The predicted molar refractivity (Wildman–Crippen MR) is 73.1 cm³/mol. The van der Waals surface area contributed by atoms with Gasteiger partial charge in [-0.2, -0.15) is 0 Å². The second kappa shape index (κ2) is 5.45. The van der Waals surface area contributed by atoms with Crippen molar-refractivity contribution in [1.82, 2.24) is 9.88 Å². The zero-order chi connectivity index (χ0) is 13.3. The highest BCUT2D eigenvalue weighted by atomic mass is 35.5. The molecule has 0 bridgehead atoms. The largest absolute Gasteiger partial charge is 0.337 e. The van der Waals surface area contributed by atoms with E-state index in [9.17, 15) is 4.79 Å². The van der Waals surface area contributed by atoms with E-state index in [2.05, 4.69) is 18.8 Å². The first-order chi connectivity index (χ1) is 8.47. The van der Waals surface area contributed by atoms with Crippen LogP contribution in [0.15, 0.2) is 12.3 Å². The monoisotopic (exact) mass is 286 g/mol. The molecule has 0 N–H and O–H groups in total. The molecule has 1 saturated heterocycles. The third-order valence-electron chi connectivity index (χ3n) is 3.18. The van der Waals surface area contributed by atoms with Crippen LogP contribution in [-0.4, -0.2) is 28.9 Å². The van der Waals surface area contributed by atoms with E-state index >= 15 is 0 Å². The van der Waals surface area contributed by atoms with Gasteiger partial charge in [0, 0.05) is 19.3 Å². The first-order valence-corrected chi connectivity index (χ1v) is 6.83. The lowest BCUT2D eigenvalue weighted by Crippen LogP contribution is -2.42. The first-order valence-electron chi connectivity index (χ1n) is 6.07. The van der Waals surface area contributed by atoms with Crippen molar-refractivity contribution in [2.45, 2.75) is 20.3 Å². The van der Waals surface area contributed by atoms with Crippen LogP contribution in [0.1, 0.15) is 30.8 Å². The summed E-state index contributed by atoms with van der Waals surface area (Å²) in [7, 11) is 0. The van der Waals surface area contributed by atoms with Gasteiger partial charge in [-0.05, 0) is 24.3 Å². The van der Waals surface area contributed by atoms with E-state index in [1.165, 1.54) is 18.7 Å². The third-order valence-corrected chi connectivity index (χ3v) is 3.89. The fourth-order valence-corrected chi connectivity index (χ4v) is 2.78. The fourth-order valence-electron chi connectivity index (χ4n) is 2.52. The van der Waals surface area contributed by atoms with E-state index in [-0.39, 0.29) is 5.91 Å². The summed E-state index contributed by atoms with van der Waals surface area (Å²) in [6, 6.07) is 1.54. The molecule has 1 aliphatic heterocycles. The van der Waals surface area contributed by atoms with E-state index in [4.69, 9.17) is 23.2 Å². The Balaban J connectivity index is 2.17. The molecule has 0 aromatic carbocycles. The molecule has 0 aliphatic carbocycles. The normalized spacial score (nSPS) is 24.1. The lowest BCUT2D eigenvalue weighted by molar-refractivity contribution is 0.0617. The van der Waals surface area contributed by atoms with Crippen LogP contribution in [0.3, 0.4) is 0 Å². The summed E-state index contributed by atoms with van der Waals surface area (Å²) in [5, 5.41) is 0.738. The van der Waals surface area contributed by atoms with Crippen LogP contribution in [0.2, 0.25) is 10.0 Å². The number of likely N-dealkylation sites (tertiary alicyclic amines) is 1. The average molecular weight is 287 g/mol. The van der Waals surface area contributed by atoms with Gasteiger partial charge in [-0.3, -0.25) is 4.79 Å². The van der Waals surface area contributed by atoms with Gasteiger partial charge in [0.2, 0.25) is 0 Å². The maximum atomic E-state index is 12.3. The van der Waals surface area contributed by atoms with Gasteiger partial charge >= 0.3 is 0 Å². The predicted octanol–water partition coefficient (Wildman–Crippen LogP) is 3.51. The molecule has 1 fully saturated rings. The van der Waals surface area contributed by atoms with Crippen molar-refractivity contribution in [3.63, 3.8) is 0 Å². The lowest BCUT2D eigenvalue weighted by Gasteiger charge is -2.34. The highest BCUT2D eigenvalue weighted by Crippen LogP contribution is 2.24. The Labute approximate surface area is 117 Å². The Morgan fingerprint density at radius 2 is 1.89 bits per heavy atom. The van der Waals surface area contributed by atoms with Gasteiger partial charge in [0.1, 0.15) is 5.69 Å². The molecule has 1 aromatic rings. The summed E-state index contributed by atoms with van der Waals surface area (Å²) >= 11 is 11.7. The molecular weight excluding hydrogens is 271 g/mol. The summed E-state index contributed by atoms with van der Waals surface area (Å²) in [6.07, 6.45) is 2.59. The smallest absolute Gasteiger partial charge is 0.272 e. The number of hydrogen-bond donors (Lipinski definition) is 0. The Kier molecular flexibility index (Phi) is 4.13. The van der Waals surface area contributed by atoms with Crippen molar-refractivity contribution in [1.29, 1.82) is 0 Å². The number of rotatable bonds is 1. The van der Waals surface area contributed by atoms with Gasteiger partial charge in [0.15, 0.2) is 0 Å². The van der Waals surface area contributed by atoms with Crippen LogP contribution >= 0.6 is 23.2 Å². The second-order valence-corrected chi connectivity index (χ2v) is 5.95. The molecule has 18 heavy (non-hydrogen) atoms. The van der Waals surface area contributed by atoms with Crippen LogP contribution < -0.4 is 0 Å². The molecule has 98 valence electrons. The highest BCUT2D eigenvalue weighted by Gasteiger charge is 2.26. The Morgan fingerprint density at radius 3 is 2.44 bits per heavy atom. The summed E-state index contributed by atoms with van der Waals surface area (Å²) in [4.78, 5) is 18.2. The van der Waals surface area contributed by atoms with Crippen LogP contribution in [0.25, 0.3) is 0 Å². The van der Waals surface area contributed by atoms with Crippen molar-refractivity contribution in [2.24, 2.45) is 11.8 Å². The van der Waals surface area contributed by atoms with E-state index in [0.29, 0.717) is 27.6 Å². The number of hydrogen-bond acceptors (Lipinski definition) is 2. The van der Waals surface area contributed by atoms with Crippen LogP contribution in [0, 0.1) is 11.8 Å². The molecule has 0 spiro atoms.